The number of hydrogen-bond acceptors (Lipinski definition) is 5. The summed E-state index contributed by atoms with van der Waals surface area (Å²) in [6.07, 6.45) is 20.4. The van der Waals surface area contributed by atoms with Crippen LogP contribution in [-0.2, 0) is 23.1 Å². The van der Waals surface area contributed by atoms with Gasteiger partial charge in [0, 0.05) is 7.11 Å². The maximum absolute atomic E-state index is 12.6. The van der Waals surface area contributed by atoms with E-state index < -0.39 is 7.60 Å². The molecule has 6 heteroatoms. The summed E-state index contributed by atoms with van der Waals surface area (Å²) in [5.41, 5.74) is 0.534. The van der Waals surface area contributed by atoms with Crippen molar-refractivity contribution in [3.63, 3.8) is 0 Å². The van der Waals surface area contributed by atoms with Crippen LogP contribution in [-0.4, -0.2) is 26.4 Å². The van der Waals surface area contributed by atoms with Crippen molar-refractivity contribution in [3.05, 3.63) is 11.3 Å². The molecule has 1 heterocycles. The van der Waals surface area contributed by atoms with Gasteiger partial charge in [0.25, 0.3) is 0 Å². The zero-order valence-electron chi connectivity index (χ0n) is 20.6. The fraction of sp³-hybridized carbons (Fsp3) is 0.880. The molecular weight excluding hydrogens is 411 g/mol. The summed E-state index contributed by atoms with van der Waals surface area (Å²) in [6.45, 7) is 3.96. The average molecular weight is 459 g/mol. The lowest BCUT2D eigenvalue weighted by Gasteiger charge is -2.17. The van der Waals surface area contributed by atoms with Crippen LogP contribution in [0.1, 0.15) is 117 Å². The van der Waals surface area contributed by atoms with Gasteiger partial charge in [-0.1, -0.05) is 96.8 Å². The van der Waals surface area contributed by atoms with Gasteiger partial charge in [0.15, 0.2) is 0 Å². The number of ether oxygens (including phenoxy) is 1. The first-order chi connectivity index (χ1) is 15.0. The monoisotopic (exact) mass is 458 g/mol. The molecule has 5 nitrogen and oxygen atoms in total. The molecule has 0 fully saturated rings. The minimum Gasteiger partial charge on any atom is -0.466 e. The summed E-state index contributed by atoms with van der Waals surface area (Å²) in [5.74, 6) is 0.0399. The highest BCUT2D eigenvalue weighted by Crippen LogP contribution is 2.54. The number of allylic oxidation sites excluding steroid dienone is 1. The van der Waals surface area contributed by atoms with E-state index in [-0.39, 0.29) is 11.9 Å². The van der Waals surface area contributed by atoms with Gasteiger partial charge in [0.2, 0.25) is 0 Å². The standard InChI is InChI=1S/C25H47O5P/c1-5-6-7-8-9-10-11-12-13-14-15-16-17-18-19-23-20-21-31(27,29-4)30-22(2)24(23)25(26)28-3/h23H,5-21H2,1-4H3/t23-,31+/m1/s1. The van der Waals surface area contributed by atoms with Crippen LogP contribution >= 0.6 is 7.60 Å². The minimum atomic E-state index is -3.16. The summed E-state index contributed by atoms with van der Waals surface area (Å²) < 4.78 is 28.2. The number of hydrogen-bond donors (Lipinski definition) is 0. The largest absolute Gasteiger partial charge is 0.466 e. The normalized spacial score (nSPS) is 21.6. The third-order valence-corrected chi connectivity index (χ3v) is 8.32. The number of unbranched alkanes of at least 4 members (excludes halogenated alkanes) is 13. The van der Waals surface area contributed by atoms with Crippen LogP contribution in [0.3, 0.4) is 0 Å². The highest BCUT2D eigenvalue weighted by molar-refractivity contribution is 7.53. The van der Waals surface area contributed by atoms with Crippen molar-refractivity contribution in [2.24, 2.45) is 5.92 Å². The Morgan fingerprint density at radius 2 is 1.39 bits per heavy atom. The molecule has 0 radical (unpaired) electrons. The molecule has 0 N–H and O–H groups in total. The topological polar surface area (TPSA) is 61.8 Å². The number of carbonyl (C=O) groups excluding carboxylic acids is 1. The van der Waals surface area contributed by atoms with E-state index in [0.29, 0.717) is 23.9 Å². The van der Waals surface area contributed by atoms with Gasteiger partial charge >= 0.3 is 13.6 Å². The molecule has 0 aromatic heterocycles. The molecule has 182 valence electrons. The maximum atomic E-state index is 12.6. The molecule has 0 saturated carbocycles. The first kappa shape index (κ1) is 28.2. The molecule has 1 aliphatic rings. The van der Waals surface area contributed by atoms with E-state index >= 15 is 0 Å². The quantitative estimate of drug-likeness (QED) is 0.125. The lowest BCUT2D eigenvalue weighted by atomic mass is 9.89. The van der Waals surface area contributed by atoms with Crippen LogP contribution < -0.4 is 0 Å². The van der Waals surface area contributed by atoms with Gasteiger partial charge in [0.1, 0.15) is 5.76 Å². The van der Waals surface area contributed by atoms with E-state index in [2.05, 4.69) is 6.92 Å². The van der Waals surface area contributed by atoms with E-state index in [0.717, 1.165) is 12.8 Å². The molecular formula is C25H47O5P. The molecule has 0 unspecified atom stereocenters. The first-order valence-corrected chi connectivity index (χ1v) is 14.3. The van der Waals surface area contributed by atoms with Crippen molar-refractivity contribution in [2.45, 2.75) is 117 Å². The van der Waals surface area contributed by atoms with Crippen LogP contribution in [0.5, 0.6) is 0 Å². The molecule has 0 bridgehead atoms. The minimum absolute atomic E-state index is 0.0238. The maximum Gasteiger partial charge on any atom is 0.378 e. The van der Waals surface area contributed by atoms with Gasteiger partial charge in [-0.15, -0.1) is 0 Å². The Labute approximate surface area is 191 Å². The van der Waals surface area contributed by atoms with Gasteiger partial charge in [-0.25, -0.2) is 9.36 Å². The number of esters is 1. The van der Waals surface area contributed by atoms with Crippen molar-refractivity contribution >= 4 is 13.6 Å². The molecule has 2 atom stereocenters. The highest BCUT2D eigenvalue weighted by atomic mass is 31.2. The predicted octanol–water partition coefficient (Wildman–Crippen LogP) is 8.18. The van der Waals surface area contributed by atoms with E-state index in [9.17, 15) is 9.36 Å². The Bertz CT molecular complexity index is 572. The van der Waals surface area contributed by atoms with Gasteiger partial charge in [-0.2, -0.15) is 0 Å². The summed E-state index contributed by atoms with van der Waals surface area (Å²) in [4.78, 5) is 12.3. The van der Waals surface area contributed by atoms with Crippen LogP contribution in [0, 0.1) is 5.92 Å². The predicted molar refractivity (Wildman–Crippen MR) is 128 cm³/mol. The van der Waals surface area contributed by atoms with E-state index in [1.54, 1.807) is 6.92 Å². The van der Waals surface area contributed by atoms with Crippen molar-refractivity contribution < 1.29 is 23.1 Å². The molecule has 0 aromatic rings. The van der Waals surface area contributed by atoms with Crippen LogP contribution in [0.2, 0.25) is 0 Å². The Morgan fingerprint density at radius 3 is 1.84 bits per heavy atom. The lowest BCUT2D eigenvalue weighted by molar-refractivity contribution is -0.137. The third-order valence-electron chi connectivity index (χ3n) is 6.40. The van der Waals surface area contributed by atoms with Gasteiger partial charge in [-0.05, 0) is 25.7 Å². The molecule has 0 spiro atoms. The molecule has 1 aliphatic heterocycles. The summed E-state index contributed by atoms with van der Waals surface area (Å²) in [5, 5.41) is 0. The fourth-order valence-electron chi connectivity index (χ4n) is 4.47. The summed E-state index contributed by atoms with van der Waals surface area (Å²) >= 11 is 0. The smallest absolute Gasteiger partial charge is 0.378 e. The van der Waals surface area contributed by atoms with E-state index in [1.807, 2.05) is 0 Å². The molecule has 0 aliphatic carbocycles. The second-order valence-corrected chi connectivity index (χ2v) is 11.2. The van der Waals surface area contributed by atoms with Crippen LogP contribution in [0.25, 0.3) is 0 Å². The fourth-order valence-corrected chi connectivity index (χ4v) is 5.96. The van der Waals surface area contributed by atoms with Crippen LogP contribution in [0.4, 0.5) is 0 Å². The molecule has 0 aromatic carbocycles. The molecule has 1 rings (SSSR count). The average Bonchev–Trinajstić information content (AvgIpc) is 2.89. The Balaban J connectivity index is 2.21. The Morgan fingerprint density at radius 1 is 0.903 bits per heavy atom. The van der Waals surface area contributed by atoms with Gasteiger partial charge < -0.3 is 13.8 Å². The zero-order chi connectivity index (χ0) is 23.0. The first-order valence-electron chi connectivity index (χ1n) is 12.6. The van der Waals surface area contributed by atoms with Gasteiger partial charge in [0.05, 0.1) is 18.8 Å². The molecule has 0 amide bonds. The molecule has 0 saturated heterocycles. The summed E-state index contributed by atoms with van der Waals surface area (Å²) in [7, 11) is -0.373. The Hall–Kier alpha value is -0.800. The highest BCUT2D eigenvalue weighted by Gasteiger charge is 2.35. The second kappa shape index (κ2) is 16.8. The van der Waals surface area contributed by atoms with Crippen molar-refractivity contribution in [3.8, 4) is 0 Å². The van der Waals surface area contributed by atoms with E-state index in [4.69, 9.17) is 13.8 Å². The van der Waals surface area contributed by atoms with Crippen molar-refractivity contribution in [2.75, 3.05) is 20.4 Å². The summed E-state index contributed by atoms with van der Waals surface area (Å²) in [6, 6.07) is 0. The van der Waals surface area contributed by atoms with Crippen LogP contribution in [0.15, 0.2) is 11.3 Å². The lowest BCUT2D eigenvalue weighted by Crippen LogP contribution is -2.16. The SMILES string of the molecule is CCCCCCCCCCCCCCCC[C@@H]1CC[P@](=O)(OC)OC(C)=C1C(=O)OC. The number of methoxy groups -OCH3 is 1. The van der Waals surface area contributed by atoms with Gasteiger partial charge in [-0.3, -0.25) is 0 Å². The number of rotatable bonds is 17. The third kappa shape index (κ3) is 11.6. The van der Waals surface area contributed by atoms with Crippen molar-refractivity contribution in [1.82, 2.24) is 0 Å². The zero-order valence-corrected chi connectivity index (χ0v) is 21.5. The second-order valence-electron chi connectivity index (χ2n) is 8.94. The van der Waals surface area contributed by atoms with Crippen molar-refractivity contribution in [1.29, 1.82) is 0 Å². The Kier molecular flexibility index (Phi) is 15.3. The molecule has 31 heavy (non-hydrogen) atoms. The van der Waals surface area contributed by atoms with E-state index in [1.165, 1.54) is 97.7 Å². The number of carbonyl (C=O) groups is 1.